The van der Waals surface area contributed by atoms with Crippen LogP contribution in [0.4, 0.5) is 0 Å². The number of hydrogen-bond donors (Lipinski definition) is 1. The van der Waals surface area contributed by atoms with Crippen LogP contribution in [0, 0.1) is 0 Å². The molecule has 0 radical (unpaired) electrons. The van der Waals surface area contributed by atoms with Gasteiger partial charge in [-0.15, -0.1) is 0 Å². The highest BCUT2D eigenvalue weighted by molar-refractivity contribution is 5.43. The van der Waals surface area contributed by atoms with Crippen molar-refractivity contribution in [1.29, 1.82) is 0 Å². The van der Waals surface area contributed by atoms with Gasteiger partial charge in [0.15, 0.2) is 11.5 Å². The normalized spacial score (nSPS) is 13.2. The first-order chi connectivity index (χ1) is 8.83. The Morgan fingerprint density at radius 1 is 1.16 bits per heavy atom. The molecule has 19 heavy (non-hydrogen) atoms. The quantitative estimate of drug-likeness (QED) is 0.805. The van der Waals surface area contributed by atoms with E-state index in [-0.39, 0.29) is 11.6 Å². The summed E-state index contributed by atoms with van der Waals surface area (Å²) in [6, 6.07) is 5.72. The highest BCUT2D eigenvalue weighted by Gasteiger charge is 2.11. The molecule has 2 N–H and O–H groups in total. The number of methoxy groups -OCH3 is 1. The molecule has 0 fully saturated rings. The summed E-state index contributed by atoms with van der Waals surface area (Å²) in [5, 5.41) is 0. The zero-order chi connectivity index (χ0) is 14.5. The molecule has 1 rings (SSSR count). The summed E-state index contributed by atoms with van der Waals surface area (Å²) in [5.74, 6) is 1.41. The van der Waals surface area contributed by atoms with Gasteiger partial charge in [-0.1, -0.05) is 6.07 Å². The lowest BCUT2D eigenvalue weighted by atomic mass is 10.1. The SMILES string of the molecule is COc1cc([C@H](C)N)ccc1OCCOC(C)(C)C. The Hall–Kier alpha value is -1.26. The fraction of sp³-hybridized carbons (Fsp3) is 0.600. The number of benzene rings is 1. The zero-order valence-electron chi connectivity index (χ0n) is 12.5. The average Bonchev–Trinajstić information content (AvgIpc) is 2.33. The second kappa shape index (κ2) is 6.78. The van der Waals surface area contributed by atoms with Crippen LogP contribution >= 0.6 is 0 Å². The highest BCUT2D eigenvalue weighted by atomic mass is 16.5. The van der Waals surface area contributed by atoms with E-state index in [0.29, 0.717) is 24.7 Å². The first-order valence-corrected chi connectivity index (χ1v) is 6.54. The first-order valence-electron chi connectivity index (χ1n) is 6.54. The van der Waals surface area contributed by atoms with Gasteiger partial charge in [-0.05, 0) is 45.4 Å². The van der Waals surface area contributed by atoms with E-state index in [1.54, 1.807) is 7.11 Å². The molecule has 0 bridgehead atoms. The molecular weight excluding hydrogens is 242 g/mol. The van der Waals surface area contributed by atoms with E-state index in [0.717, 1.165) is 5.56 Å². The predicted octanol–water partition coefficient (Wildman–Crippen LogP) is 2.91. The molecule has 0 aromatic heterocycles. The van der Waals surface area contributed by atoms with Gasteiger partial charge in [0, 0.05) is 6.04 Å². The van der Waals surface area contributed by atoms with Crippen LogP contribution in [0.3, 0.4) is 0 Å². The van der Waals surface area contributed by atoms with E-state index in [4.69, 9.17) is 19.9 Å². The van der Waals surface area contributed by atoms with Gasteiger partial charge in [-0.3, -0.25) is 0 Å². The maximum absolute atomic E-state index is 5.84. The lowest BCUT2D eigenvalue weighted by Gasteiger charge is -2.20. The van der Waals surface area contributed by atoms with E-state index in [2.05, 4.69) is 0 Å². The Morgan fingerprint density at radius 2 is 1.84 bits per heavy atom. The molecule has 108 valence electrons. The van der Waals surface area contributed by atoms with Crippen molar-refractivity contribution in [2.24, 2.45) is 5.73 Å². The monoisotopic (exact) mass is 267 g/mol. The molecule has 0 aliphatic heterocycles. The molecular formula is C15H25NO3. The van der Waals surface area contributed by atoms with Crippen LogP contribution < -0.4 is 15.2 Å². The molecule has 1 aromatic rings. The summed E-state index contributed by atoms with van der Waals surface area (Å²) in [6.07, 6.45) is 0. The fourth-order valence-corrected chi connectivity index (χ4v) is 1.59. The van der Waals surface area contributed by atoms with Gasteiger partial charge in [-0.25, -0.2) is 0 Å². The van der Waals surface area contributed by atoms with Crippen molar-refractivity contribution >= 4 is 0 Å². The number of rotatable bonds is 6. The van der Waals surface area contributed by atoms with Crippen molar-refractivity contribution < 1.29 is 14.2 Å². The number of ether oxygens (including phenoxy) is 3. The predicted molar refractivity (Wildman–Crippen MR) is 76.8 cm³/mol. The third-order valence-electron chi connectivity index (χ3n) is 2.59. The van der Waals surface area contributed by atoms with Crippen molar-refractivity contribution in [2.45, 2.75) is 39.3 Å². The van der Waals surface area contributed by atoms with E-state index in [1.165, 1.54) is 0 Å². The van der Waals surface area contributed by atoms with Crippen molar-refractivity contribution in [3.8, 4) is 11.5 Å². The second-order valence-corrected chi connectivity index (χ2v) is 5.51. The molecule has 0 aliphatic rings. The summed E-state index contributed by atoms with van der Waals surface area (Å²) < 4.78 is 16.6. The first kappa shape index (κ1) is 15.8. The molecule has 0 saturated heterocycles. The molecule has 0 spiro atoms. The van der Waals surface area contributed by atoms with Gasteiger partial charge >= 0.3 is 0 Å². The van der Waals surface area contributed by atoms with Crippen LogP contribution in [-0.2, 0) is 4.74 Å². The van der Waals surface area contributed by atoms with Crippen LogP contribution in [0.2, 0.25) is 0 Å². The fourth-order valence-electron chi connectivity index (χ4n) is 1.59. The maximum Gasteiger partial charge on any atom is 0.161 e. The van der Waals surface area contributed by atoms with Crippen LogP contribution in [-0.4, -0.2) is 25.9 Å². The van der Waals surface area contributed by atoms with E-state index in [1.807, 2.05) is 45.9 Å². The van der Waals surface area contributed by atoms with Crippen molar-refractivity contribution in [1.82, 2.24) is 0 Å². The minimum Gasteiger partial charge on any atom is -0.493 e. The lowest BCUT2D eigenvalue weighted by Crippen LogP contribution is -2.22. The molecule has 0 amide bonds. The summed E-state index contributed by atoms with van der Waals surface area (Å²) in [5.41, 5.74) is 6.72. The van der Waals surface area contributed by atoms with Crippen molar-refractivity contribution in [3.63, 3.8) is 0 Å². The smallest absolute Gasteiger partial charge is 0.161 e. The molecule has 4 nitrogen and oxygen atoms in total. The Kier molecular flexibility index (Phi) is 5.63. The number of nitrogens with two attached hydrogens (primary N) is 1. The number of hydrogen-bond acceptors (Lipinski definition) is 4. The largest absolute Gasteiger partial charge is 0.493 e. The Bertz CT molecular complexity index is 397. The molecule has 0 unspecified atom stereocenters. The molecule has 0 aliphatic carbocycles. The minimum absolute atomic E-state index is 0.0211. The molecule has 4 heteroatoms. The standard InChI is InChI=1S/C15H25NO3/c1-11(16)12-6-7-13(14(10-12)17-5)18-8-9-19-15(2,3)4/h6-7,10-11H,8-9,16H2,1-5H3/t11-/m0/s1. The van der Waals surface area contributed by atoms with Gasteiger partial charge in [0.25, 0.3) is 0 Å². The van der Waals surface area contributed by atoms with Crippen LogP contribution in [0.1, 0.15) is 39.3 Å². The Morgan fingerprint density at radius 3 is 2.37 bits per heavy atom. The molecule has 0 heterocycles. The Balaban J connectivity index is 2.58. The van der Waals surface area contributed by atoms with Gasteiger partial charge in [0.05, 0.1) is 19.3 Å². The van der Waals surface area contributed by atoms with Crippen LogP contribution in [0.25, 0.3) is 0 Å². The van der Waals surface area contributed by atoms with Crippen LogP contribution in [0.15, 0.2) is 18.2 Å². The van der Waals surface area contributed by atoms with E-state index < -0.39 is 0 Å². The third-order valence-corrected chi connectivity index (χ3v) is 2.59. The zero-order valence-corrected chi connectivity index (χ0v) is 12.5. The van der Waals surface area contributed by atoms with Gasteiger partial charge in [0.1, 0.15) is 6.61 Å². The Labute approximate surface area is 115 Å². The van der Waals surface area contributed by atoms with Gasteiger partial charge in [-0.2, -0.15) is 0 Å². The lowest BCUT2D eigenvalue weighted by molar-refractivity contribution is -0.0165. The minimum atomic E-state index is -0.147. The van der Waals surface area contributed by atoms with Crippen molar-refractivity contribution in [3.05, 3.63) is 23.8 Å². The van der Waals surface area contributed by atoms with E-state index >= 15 is 0 Å². The molecule has 1 atom stereocenters. The van der Waals surface area contributed by atoms with Gasteiger partial charge in [0.2, 0.25) is 0 Å². The second-order valence-electron chi connectivity index (χ2n) is 5.51. The van der Waals surface area contributed by atoms with Crippen LogP contribution in [0.5, 0.6) is 11.5 Å². The summed E-state index contributed by atoms with van der Waals surface area (Å²) >= 11 is 0. The third kappa shape index (κ3) is 5.49. The van der Waals surface area contributed by atoms with Gasteiger partial charge < -0.3 is 19.9 Å². The summed E-state index contributed by atoms with van der Waals surface area (Å²) in [6.45, 7) is 9.03. The molecule has 0 saturated carbocycles. The highest BCUT2D eigenvalue weighted by Crippen LogP contribution is 2.29. The maximum atomic E-state index is 5.84. The summed E-state index contributed by atoms with van der Waals surface area (Å²) in [7, 11) is 1.62. The molecule has 1 aromatic carbocycles. The summed E-state index contributed by atoms with van der Waals surface area (Å²) in [4.78, 5) is 0. The average molecular weight is 267 g/mol. The van der Waals surface area contributed by atoms with E-state index in [9.17, 15) is 0 Å². The van der Waals surface area contributed by atoms with Crippen molar-refractivity contribution in [2.75, 3.05) is 20.3 Å². The topological polar surface area (TPSA) is 53.7 Å².